The highest BCUT2D eigenvalue weighted by molar-refractivity contribution is 7.89. The molecule has 2 aliphatic rings. The molecule has 2 atom stereocenters. The van der Waals surface area contributed by atoms with Crippen molar-refractivity contribution in [3.05, 3.63) is 22.7 Å². The van der Waals surface area contributed by atoms with E-state index in [0.717, 1.165) is 12.8 Å². The van der Waals surface area contributed by atoms with Crippen molar-refractivity contribution in [1.29, 1.82) is 0 Å². The van der Waals surface area contributed by atoms with Crippen LogP contribution in [-0.4, -0.2) is 36.0 Å². The summed E-state index contributed by atoms with van der Waals surface area (Å²) in [6.45, 7) is 1.76. The average Bonchev–Trinajstić information content (AvgIpc) is 2.69. The molecule has 21 heavy (non-hydrogen) atoms. The zero-order valence-corrected chi connectivity index (χ0v) is 13.4. The average molecular weight is 331 g/mol. The van der Waals surface area contributed by atoms with Crippen molar-refractivity contribution in [3.63, 3.8) is 0 Å². The molecule has 5 nitrogen and oxygen atoms in total. The second-order valence-electron chi connectivity index (χ2n) is 5.96. The summed E-state index contributed by atoms with van der Waals surface area (Å²) < 4.78 is 27.4. The Labute approximate surface area is 129 Å². The minimum absolute atomic E-state index is 0.120. The molecular weight excluding hydrogens is 312 g/mol. The Kier molecular flexibility index (Phi) is 3.68. The van der Waals surface area contributed by atoms with Crippen LogP contribution in [0.1, 0.15) is 31.2 Å². The number of hydrogen-bond acceptors (Lipinski definition) is 4. The molecule has 7 heteroatoms. The summed E-state index contributed by atoms with van der Waals surface area (Å²) in [5.41, 5.74) is 6.91. The Hall–Kier alpha value is -0.820. The summed E-state index contributed by atoms with van der Waals surface area (Å²) >= 11 is 6.07. The Morgan fingerprint density at radius 2 is 1.86 bits per heavy atom. The van der Waals surface area contributed by atoms with E-state index >= 15 is 0 Å². The number of fused-ring (bicyclic) bond motifs is 2. The van der Waals surface area contributed by atoms with E-state index in [1.54, 1.807) is 11.2 Å². The van der Waals surface area contributed by atoms with Gasteiger partial charge in [-0.3, -0.25) is 0 Å². The van der Waals surface area contributed by atoms with Gasteiger partial charge in [0.15, 0.2) is 0 Å². The number of aliphatic hydroxyl groups excluding tert-OH is 1. The quantitative estimate of drug-likeness (QED) is 0.811. The lowest BCUT2D eigenvalue weighted by Crippen LogP contribution is -2.47. The molecule has 1 aromatic carbocycles. The molecule has 0 aromatic heterocycles. The number of anilines is 1. The molecule has 2 bridgehead atoms. The highest BCUT2D eigenvalue weighted by Gasteiger charge is 2.46. The fraction of sp³-hybridized carbons (Fsp3) is 0.571. The summed E-state index contributed by atoms with van der Waals surface area (Å²) in [6, 6.07) is 2.70. The SMILES string of the molecule is Cc1c(N)cc(S(=O)(=O)N2C3CCC2CC(O)C3)cc1Cl. The third-order valence-corrected chi connectivity index (χ3v) is 6.95. The van der Waals surface area contributed by atoms with Crippen LogP contribution in [0.25, 0.3) is 0 Å². The van der Waals surface area contributed by atoms with Crippen LogP contribution in [0.5, 0.6) is 0 Å². The Balaban J connectivity index is 2.02. The summed E-state index contributed by atoms with van der Waals surface area (Å²) in [5, 5.41) is 10.2. The van der Waals surface area contributed by atoms with Gasteiger partial charge in [-0.25, -0.2) is 8.42 Å². The molecule has 2 aliphatic heterocycles. The maximum Gasteiger partial charge on any atom is 0.243 e. The van der Waals surface area contributed by atoms with Gasteiger partial charge < -0.3 is 10.8 Å². The van der Waals surface area contributed by atoms with Crippen LogP contribution < -0.4 is 5.73 Å². The van der Waals surface area contributed by atoms with Gasteiger partial charge in [-0.05, 0) is 50.3 Å². The number of benzene rings is 1. The smallest absolute Gasteiger partial charge is 0.243 e. The molecule has 0 aliphatic carbocycles. The van der Waals surface area contributed by atoms with Gasteiger partial charge in [0.25, 0.3) is 0 Å². The summed E-state index contributed by atoms with van der Waals surface area (Å²) in [6.07, 6.45) is 2.21. The van der Waals surface area contributed by atoms with E-state index in [1.165, 1.54) is 12.1 Å². The van der Waals surface area contributed by atoms with Gasteiger partial charge >= 0.3 is 0 Å². The first-order valence-electron chi connectivity index (χ1n) is 7.08. The standard InChI is InChI=1S/C14H19ClN2O3S/c1-8-13(15)6-12(7-14(8)16)21(19,20)17-9-2-3-10(17)5-11(18)4-9/h6-7,9-11,18H,2-5,16H2,1H3. The number of piperidine rings is 1. The molecule has 1 aromatic rings. The first kappa shape index (κ1) is 15.1. The second kappa shape index (κ2) is 5.12. The highest BCUT2D eigenvalue weighted by Crippen LogP contribution is 2.40. The normalized spacial score (nSPS) is 29.8. The van der Waals surface area contributed by atoms with Crippen LogP contribution in [-0.2, 0) is 10.0 Å². The number of rotatable bonds is 2. The molecule has 0 radical (unpaired) electrons. The third-order valence-electron chi connectivity index (χ3n) is 4.57. The van der Waals surface area contributed by atoms with E-state index in [-0.39, 0.29) is 17.0 Å². The van der Waals surface area contributed by atoms with Gasteiger partial charge in [0, 0.05) is 22.8 Å². The van der Waals surface area contributed by atoms with E-state index in [2.05, 4.69) is 0 Å². The Bertz CT molecular complexity index is 640. The molecular formula is C14H19ClN2O3S. The van der Waals surface area contributed by atoms with E-state index in [4.69, 9.17) is 17.3 Å². The van der Waals surface area contributed by atoms with Crippen molar-refractivity contribution < 1.29 is 13.5 Å². The maximum atomic E-state index is 12.9. The van der Waals surface area contributed by atoms with Crippen LogP contribution in [0.3, 0.4) is 0 Å². The van der Waals surface area contributed by atoms with Gasteiger partial charge in [-0.15, -0.1) is 0 Å². The lowest BCUT2D eigenvalue weighted by Gasteiger charge is -2.36. The fourth-order valence-corrected chi connectivity index (χ4v) is 5.69. The predicted octanol–water partition coefficient (Wildman–Crippen LogP) is 1.91. The minimum atomic E-state index is -3.63. The van der Waals surface area contributed by atoms with Gasteiger partial charge in [-0.2, -0.15) is 4.31 Å². The topological polar surface area (TPSA) is 83.6 Å². The molecule has 0 amide bonds. The number of nitrogen functional groups attached to an aromatic ring is 1. The van der Waals surface area contributed by atoms with Crippen molar-refractivity contribution in [1.82, 2.24) is 4.31 Å². The van der Waals surface area contributed by atoms with Crippen molar-refractivity contribution in [2.24, 2.45) is 0 Å². The van der Waals surface area contributed by atoms with Crippen molar-refractivity contribution in [3.8, 4) is 0 Å². The number of nitrogens with zero attached hydrogens (tertiary/aromatic N) is 1. The zero-order valence-electron chi connectivity index (χ0n) is 11.8. The number of hydrogen-bond donors (Lipinski definition) is 2. The van der Waals surface area contributed by atoms with Crippen LogP contribution >= 0.6 is 11.6 Å². The largest absolute Gasteiger partial charge is 0.398 e. The number of nitrogens with two attached hydrogens (primary N) is 1. The molecule has 0 spiro atoms. The van der Waals surface area contributed by atoms with E-state index in [9.17, 15) is 13.5 Å². The van der Waals surface area contributed by atoms with Crippen molar-refractivity contribution in [2.45, 2.75) is 55.7 Å². The van der Waals surface area contributed by atoms with Crippen molar-refractivity contribution >= 4 is 27.3 Å². The van der Waals surface area contributed by atoms with Gasteiger partial charge in [-0.1, -0.05) is 11.6 Å². The summed E-state index contributed by atoms with van der Waals surface area (Å²) in [7, 11) is -3.63. The number of aliphatic hydroxyl groups is 1. The molecule has 2 fully saturated rings. The minimum Gasteiger partial charge on any atom is -0.398 e. The van der Waals surface area contributed by atoms with Crippen LogP contribution in [0.4, 0.5) is 5.69 Å². The summed E-state index contributed by atoms with van der Waals surface area (Å²) in [4.78, 5) is 0.142. The monoisotopic (exact) mass is 330 g/mol. The first-order valence-corrected chi connectivity index (χ1v) is 8.89. The second-order valence-corrected chi connectivity index (χ2v) is 8.21. The van der Waals surface area contributed by atoms with E-state index in [1.807, 2.05) is 0 Å². The highest BCUT2D eigenvalue weighted by atomic mass is 35.5. The molecule has 2 heterocycles. The zero-order chi connectivity index (χ0) is 15.4. The number of halogens is 1. The molecule has 2 saturated heterocycles. The van der Waals surface area contributed by atoms with Crippen LogP contribution in [0.15, 0.2) is 17.0 Å². The number of sulfonamides is 1. The third kappa shape index (κ3) is 2.44. The van der Waals surface area contributed by atoms with Gasteiger partial charge in [0.05, 0.1) is 11.0 Å². The van der Waals surface area contributed by atoms with Gasteiger partial charge in [0.2, 0.25) is 10.0 Å². The molecule has 3 N–H and O–H groups in total. The molecule has 2 unspecified atom stereocenters. The first-order chi connectivity index (χ1) is 9.80. The molecule has 116 valence electrons. The predicted molar refractivity (Wildman–Crippen MR) is 81.7 cm³/mol. The maximum absolute atomic E-state index is 12.9. The lowest BCUT2D eigenvalue weighted by atomic mass is 10.0. The molecule has 3 rings (SSSR count). The van der Waals surface area contributed by atoms with E-state index < -0.39 is 16.1 Å². The molecule has 0 saturated carbocycles. The Morgan fingerprint density at radius 3 is 2.38 bits per heavy atom. The fourth-order valence-electron chi connectivity index (χ4n) is 3.44. The van der Waals surface area contributed by atoms with Crippen LogP contribution in [0.2, 0.25) is 5.02 Å². The van der Waals surface area contributed by atoms with Crippen LogP contribution in [0, 0.1) is 6.92 Å². The summed E-state index contributed by atoms with van der Waals surface area (Å²) in [5.74, 6) is 0. The van der Waals surface area contributed by atoms with Gasteiger partial charge in [0.1, 0.15) is 0 Å². The Morgan fingerprint density at radius 1 is 1.29 bits per heavy atom. The lowest BCUT2D eigenvalue weighted by molar-refractivity contribution is 0.0769. The van der Waals surface area contributed by atoms with Crippen molar-refractivity contribution in [2.75, 3.05) is 5.73 Å². The van der Waals surface area contributed by atoms with E-state index in [0.29, 0.717) is 29.1 Å².